The summed E-state index contributed by atoms with van der Waals surface area (Å²) in [5.74, 6) is -0.636. The SMILES string of the molecule is O=C(CNS(=O)(=O)c1ccc(-c2ccccc2)cc1)c1ccc(C(F)(F)F)cc1. The summed E-state index contributed by atoms with van der Waals surface area (Å²) in [7, 11) is -3.94. The lowest BCUT2D eigenvalue weighted by atomic mass is 10.1. The minimum atomic E-state index is -4.50. The minimum absolute atomic E-state index is 0.0138. The standard InChI is InChI=1S/C21H16F3NO3S/c22-21(23,24)18-10-6-17(7-11-18)20(26)14-25-29(27,28)19-12-8-16(9-13-19)15-4-2-1-3-5-15/h1-13,25H,14H2. The van der Waals surface area contributed by atoms with Gasteiger partial charge < -0.3 is 0 Å². The molecule has 0 amide bonds. The van der Waals surface area contributed by atoms with Crippen LogP contribution in [0.2, 0.25) is 0 Å². The maximum Gasteiger partial charge on any atom is 0.416 e. The van der Waals surface area contributed by atoms with Gasteiger partial charge in [-0.15, -0.1) is 0 Å². The molecule has 29 heavy (non-hydrogen) atoms. The molecule has 3 aromatic rings. The number of halogens is 3. The molecule has 0 aliphatic rings. The van der Waals surface area contributed by atoms with E-state index in [2.05, 4.69) is 4.72 Å². The first-order valence-electron chi connectivity index (χ1n) is 8.52. The summed E-state index contributed by atoms with van der Waals surface area (Å²) in [5.41, 5.74) is 0.875. The monoisotopic (exact) mass is 419 g/mol. The molecule has 150 valence electrons. The Morgan fingerprint density at radius 3 is 1.90 bits per heavy atom. The molecule has 0 aliphatic carbocycles. The Labute approximate surface area is 166 Å². The van der Waals surface area contributed by atoms with E-state index in [1.165, 1.54) is 12.1 Å². The highest BCUT2D eigenvalue weighted by Crippen LogP contribution is 2.29. The quantitative estimate of drug-likeness (QED) is 0.597. The van der Waals surface area contributed by atoms with Crippen LogP contribution in [0.1, 0.15) is 15.9 Å². The Balaban J connectivity index is 1.67. The van der Waals surface area contributed by atoms with Gasteiger partial charge in [0.15, 0.2) is 5.78 Å². The number of ketones is 1. The van der Waals surface area contributed by atoms with E-state index in [0.29, 0.717) is 0 Å². The first kappa shape index (κ1) is 20.8. The molecule has 0 atom stereocenters. The molecule has 0 heterocycles. The second kappa shape index (κ2) is 8.18. The van der Waals surface area contributed by atoms with Crippen molar-refractivity contribution in [3.05, 3.63) is 90.0 Å². The Morgan fingerprint density at radius 2 is 1.34 bits per heavy atom. The van der Waals surface area contributed by atoms with Crippen LogP contribution in [-0.2, 0) is 16.2 Å². The van der Waals surface area contributed by atoms with E-state index in [1.807, 2.05) is 30.3 Å². The fourth-order valence-corrected chi connectivity index (χ4v) is 3.63. The van der Waals surface area contributed by atoms with E-state index in [1.54, 1.807) is 12.1 Å². The van der Waals surface area contributed by atoms with Gasteiger partial charge >= 0.3 is 6.18 Å². The zero-order chi connectivity index (χ0) is 21.1. The molecule has 0 fully saturated rings. The number of nitrogens with one attached hydrogen (secondary N) is 1. The van der Waals surface area contributed by atoms with Crippen molar-refractivity contribution in [2.24, 2.45) is 0 Å². The van der Waals surface area contributed by atoms with Crippen molar-refractivity contribution in [3.63, 3.8) is 0 Å². The predicted molar refractivity (Wildman–Crippen MR) is 103 cm³/mol. The van der Waals surface area contributed by atoms with Crippen LogP contribution in [0.25, 0.3) is 11.1 Å². The fourth-order valence-electron chi connectivity index (χ4n) is 2.65. The van der Waals surface area contributed by atoms with Gasteiger partial charge in [-0.3, -0.25) is 4.79 Å². The highest BCUT2D eigenvalue weighted by molar-refractivity contribution is 7.89. The van der Waals surface area contributed by atoms with Gasteiger partial charge in [0.25, 0.3) is 0 Å². The van der Waals surface area contributed by atoms with Crippen LogP contribution in [0.4, 0.5) is 13.2 Å². The second-order valence-electron chi connectivity index (χ2n) is 6.21. The molecular weight excluding hydrogens is 403 g/mol. The summed E-state index contributed by atoms with van der Waals surface area (Å²) in [6.45, 7) is -0.561. The average Bonchev–Trinajstić information content (AvgIpc) is 2.72. The van der Waals surface area contributed by atoms with Gasteiger partial charge in [0, 0.05) is 5.56 Å². The third kappa shape index (κ3) is 5.10. The summed E-state index contributed by atoms with van der Waals surface area (Å²) in [6, 6.07) is 19.2. The topological polar surface area (TPSA) is 63.2 Å². The zero-order valence-electron chi connectivity index (χ0n) is 15.0. The average molecular weight is 419 g/mol. The number of carbonyl (C=O) groups excluding carboxylic acids is 1. The minimum Gasteiger partial charge on any atom is -0.293 e. The number of rotatable bonds is 6. The van der Waals surface area contributed by atoms with Crippen molar-refractivity contribution in [2.75, 3.05) is 6.54 Å². The van der Waals surface area contributed by atoms with E-state index >= 15 is 0 Å². The molecule has 4 nitrogen and oxygen atoms in total. The van der Waals surface area contributed by atoms with Gasteiger partial charge in [0.1, 0.15) is 0 Å². The van der Waals surface area contributed by atoms with E-state index in [-0.39, 0.29) is 10.5 Å². The maximum atomic E-state index is 12.6. The Bertz CT molecular complexity index is 1090. The molecule has 0 aromatic heterocycles. The molecule has 0 aliphatic heterocycles. The molecular formula is C21H16F3NO3S. The van der Waals surface area contributed by atoms with Crippen LogP contribution >= 0.6 is 0 Å². The van der Waals surface area contributed by atoms with Crippen molar-refractivity contribution < 1.29 is 26.4 Å². The zero-order valence-corrected chi connectivity index (χ0v) is 15.8. The normalized spacial score (nSPS) is 12.0. The lowest BCUT2D eigenvalue weighted by Gasteiger charge is -2.09. The van der Waals surface area contributed by atoms with Crippen LogP contribution in [0.15, 0.2) is 83.8 Å². The van der Waals surface area contributed by atoms with Crippen LogP contribution in [0.5, 0.6) is 0 Å². The van der Waals surface area contributed by atoms with Crippen molar-refractivity contribution >= 4 is 15.8 Å². The van der Waals surface area contributed by atoms with Crippen molar-refractivity contribution in [1.29, 1.82) is 0 Å². The Morgan fingerprint density at radius 1 is 0.793 bits per heavy atom. The largest absolute Gasteiger partial charge is 0.416 e. The summed E-state index contributed by atoms with van der Waals surface area (Å²) in [4.78, 5) is 12.1. The van der Waals surface area contributed by atoms with Crippen molar-refractivity contribution in [2.45, 2.75) is 11.1 Å². The summed E-state index contributed by atoms with van der Waals surface area (Å²) >= 11 is 0. The Hall–Kier alpha value is -2.97. The molecule has 3 rings (SSSR count). The predicted octanol–water partition coefficient (Wildman–Crippen LogP) is 4.53. The lowest BCUT2D eigenvalue weighted by Crippen LogP contribution is -2.29. The maximum absolute atomic E-state index is 12.6. The van der Waals surface area contributed by atoms with E-state index in [4.69, 9.17) is 0 Å². The van der Waals surface area contributed by atoms with E-state index < -0.39 is 34.1 Å². The van der Waals surface area contributed by atoms with E-state index in [0.717, 1.165) is 35.4 Å². The lowest BCUT2D eigenvalue weighted by molar-refractivity contribution is -0.137. The van der Waals surface area contributed by atoms with Gasteiger partial charge in [0.05, 0.1) is 17.0 Å². The molecule has 8 heteroatoms. The fraction of sp³-hybridized carbons (Fsp3) is 0.0952. The van der Waals surface area contributed by atoms with Crippen LogP contribution in [-0.4, -0.2) is 20.7 Å². The smallest absolute Gasteiger partial charge is 0.293 e. The Kier molecular flexibility index (Phi) is 5.86. The first-order chi connectivity index (χ1) is 13.7. The molecule has 0 spiro atoms. The highest BCUT2D eigenvalue weighted by atomic mass is 32.2. The molecule has 0 saturated carbocycles. The number of hydrogen-bond donors (Lipinski definition) is 1. The van der Waals surface area contributed by atoms with Gasteiger partial charge in [-0.2, -0.15) is 13.2 Å². The summed E-state index contributed by atoms with van der Waals surface area (Å²) in [5, 5.41) is 0. The number of hydrogen-bond acceptors (Lipinski definition) is 3. The van der Waals surface area contributed by atoms with Crippen LogP contribution < -0.4 is 4.72 Å². The third-order valence-corrected chi connectivity index (χ3v) is 5.65. The number of alkyl halides is 3. The number of Topliss-reactive ketones (excluding diaryl/α,β-unsaturated/α-hetero) is 1. The first-order valence-corrected chi connectivity index (χ1v) is 10.0. The van der Waals surface area contributed by atoms with Crippen molar-refractivity contribution in [1.82, 2.24) is 4.72 Å². The van der Waals surface area contributed by atoms with E-state index in [9.17, 15) is 26.4 Å². The van der Waals surface area contributed by atoms with Crippen molar-refractivity contribution in [3.8, 4) is 11.1 Å². The third-order valence-electron chi connectivity index (χ3n) is 4.23. The number of benzene rings is 3. The molecule has 0 bridgehead atoms. The molecule has 3 aromatic carbocycles. The summed E-state index contributed by atoms with van der Waals surface area (Å²) in [6.07, 6.45) is -4.50. The molecule has 1 N–H and O–H groups in total. The highest BCUT2D eigenvalue weighted by Gasteiger charge is 2.30. The second-order valence-corrected chi connectivity index (χ2v) is 7.98. The number of carbonyl (C=O) groups is 1. The summed E-state index contributed by atoms with van der Waals surface area (Å²) < 4.78 is 64.7. The van der Waals surface area contributed by atoms with Gasteiger partial charge in [-0.05, 0) is 35.4 Å². The molecule has 0 unspecified atom stereocenters. The van der Waals surface area contributed by atoms with Crippen LogP contribution in [0, 0.1) is 0 Å². The number of sulfonamides is 1. The van der Waals surface area contributed by atoms with Crippen LogP contribution in [0.3, 0.4) is 0 Å². The molecule has 0 saturated heterocycles. The molecule has 0 radical (unpaired) electrons. The van der Waals surface area contributed by atoms with Gasteiger partial charge in [-0.25, -0.2) is 13.1 Å². The van der Waals surface area contributed by atoms with Gasteiger partial charge in [0.2, 0.25) is 10.0 Å². The van der Waals surface area contributed by atoms with Gasteiger partial charge in [-0.1, -0.05) is 54.6 Å².